The molecule has 2 rings (SSSR count). The average molecular weight is 236 g/mol. The molecule has 0 saturated heterocycles. The van der Waals surface area contributed by atoms with Crippen molar-refractivity contribution in [2.75, 3.05) is 0 Å². The van der Waals surface area contributed by atoms with Crippen LogP contribution < -0.4 is 9.82 Å². The second kappa shape index (κ2) is 6.65. The zero-order chi connectivity index (χ0) is 12.7. The molecule has 0 spiro atoms. The van der Waals surface area contributed by atoms with Gasteiger partial charge in [0, 0.05) is 12.5 Å². The summed E-state index contributed by atoms with van der Waals surface area (Å²) in [6.07, 6.45) is 5.44. The van der Waals surface area contributed by atoms with Crippen molar-refractivity contribution < 1.29 is 19.5 Å². The second-order valence-electron chi connectivity index (χ2n) is 3.38. The Balaban J connectivity index is 0.000000317. The zero-order valence-corrected chi connectivity index (χ0v) is 10.00. The number of aromatic nitrogens is 2. The fourth-order valence-electron chi connectivity index (χ4n) is 1.73. The summed E-state index contributed by atoms with van der Waals surface area (Å²) in [5.74, 6) is 0. The molecule has 17 heavy (non-hydrogen) atoms. The first-order valence-corrected chi connectivity index (χ1v) is 5.49. The van der Waals surface area contributed by atoms with E-state index in [0.717, 1.165) is 13.0 Å². The maximum absolute atomic E-state index is 8.64. The molecule has 0 N–H and O–H groups in total. The van der Waals surface area contributed by atoms with Crippen LogP contribution in [0.2, 0.25) is 0 Å². The summed E-state index contributed by atoms with van der Waals surface area (Å²) in [7, 11) is 0. The number of rotatable bonds is 3. The van der Waals surface area contributed by atoms with Gasteiger partial charge in [-0.1, -0.05) is 13.0 Å². The molecule has 2 aromatic heterocycles. The van der Waals surface area contributed by atoms with Crippen LogP contribution in [0.25, 0.3) is 5.65 Å². The summed E-state index contributed by atoms with van der Waals surface area (Å²) in [5.41, 5.74) is 2.65. The van der Waals surface area contributed by atoms with Gasteiger partial charge in [0.2, 0.25) is 0 Å². The molecule has 0 amide bonds. The summed E-state index contributed by atoms with van der Waals surface area (Å²) < 4.78 is 4.53. The van der Waals surface area contributed by atoms with Crippen LogP contribution in [0.1, 0.15) is 19.5 Å². The van der Waals surface area contributed by atoms with Crippen LogP contribution in [-0.4, -0.2) is 10.9 Å². The molecular weight excluding hydrogens is 220 g/mol. The van der Waals surface area contributed by atoms with Crippen molar-refractivity contribution in [3.63, 3.8) is 0 Å². The molecule has 0 fully saturated rings. The minimum atomic E-state index is -0.181. The number of aryl methyl sites for hydroxylation is 2. The number of carbonyl (C=O) groups excluding carboxylic acids is 1. The van der Waals surface area contributed by atoms with E-state index in [2.05, 4.69) is 58.3 Å². The number of carbonyl (C=O) groups is 1. The summed E-state index contributed by atoms with van der Waals surface area (Å²) >= 11 is 0. The van der Waals surface area contributed by atoms with Gasteiger partial charge in [0.25, 0.3) is 12.1 Å². The molecule has 0 aliphatic rings. The van der Waals surface area contributed by atoms with E-state index in [0.29, 0.717) is 0 Å². The van der Waals surface area contributed by atoms with Gasteiger partial charge < -0.3 is 10.1 Å². The van der Waals surface area contributed by atoms with Gasteiger partial charge >= 0.3 is 0 Å². The third-order valence-electron chi connectivity index (χ3n) is 2.49. The molecule has 2 aromatic rings. The molecular formula is C12H16N2O3. The van der Waals surface area contributed by atoms with E-state index in [1.165, 1.54) is 11.3 Å². The minimum absolute atomic E-state index is 0.181. The Bertz CT molecular complexity index is 442. The molecule has 0 saturated carbocycles. The lowest BCUT2D eigenvalue weighted by Crippen LogP contribution is -2.30. The highest BCUT2D eigenvalue weighted by atomic mass is 17.1. The number of fused-ring (bicyclic) bond motifs is 1. The number of imidazole rings is 1. The van der Waals surface area contributed by atoms with Crippen molar-refractivity contribution in [2.45, 2.75) is 26.8 Å². The van der Waals surface area contributed by atoms with Gasteiger partial charge in [0.15, 0.2) is 0 Å². The lowest BCUT2D eigenvalue weighted by atomic mass is 10.3. The van der Waals surface area contributed by atoms with E-state index in [9.17, 15) is 0 Å². The van der Waals surface area contributed by atoms with Gasteiger partial charge in [-0.25, -0.2) is 8.97 Å². The normalized spacial score (nSPS) is 9.59. The topological polar surface area (TPSA) is 57.7 Å². The maximum Gasteiger partial charge on any atom is 0.287 e. The molecule has 5 nitrogen and oxygen atoms in total. The third-order valence-corrected chi connectivity index (χ3v) is 2.49. The van der Waals surface area contributed by atoms with Crippen molar-refractivity contribution in [2.24, 2.45) is 0 Å². The average Bonchev–Trinajstić information content (AvgIpc) is 2.77. The molecule has 0 atom stereocenters. The smallest absolute Gasteiger partial charge is 0.287 e. The monoisotopic (exact) mass is 236 g/mol. The van der Waals surface area contributed by atoms with E-state index in [4.69, 9.17) is 10.1 Å². The number of hydrogen-bond acceptors (Lipinski definition) is 3. The minimum Gasteiger partial charge on any atom is -0.662 e. The van der Waals surface area contributed by atoms with E-state index in [1.807, 2.05) is 0 Å². The highest BCUT2D eigenvalue weighted by Gasteiger charge is 2.12. The molecule has 0 aliphatic heterocycles. The summed E-state index contributed by atoms with van der Waals surface area (Å²) in [5, 5.41) is 8.43. The van der Waals surface area contributed by atoms with Crippen LogP contribution in [-0.2, 0) is 22.6 Å². The lowest BCUT2D eigenvalue weighted by molar-refractivity contribution is -0.667. The van der Waals surface area contributed by atoms with E-state index in [-0.39, 0.29) is 6.47 Å². The van der Waals surface area contributed by atoms with Gasteiger partial charge in [0.05, 0.1) is 12.7 Å². The molecule has 0 aromatic carbocycles. The first-order chi connectivity index (χ1) is 8.28. The predicted molar refractivity (Wildman–Crippen MR) is 59.8 cm³/mol. The van der Waals surface area contributed by atoms with Gasteiger partial charge in [-0.05, 0) is 13.0 Å². The summed E-state index contributed by atoms with van der Waals surface area (Å²) in [4.78, 5) is 11.2. The lowest BCUT2D eigenvalue weighted by Gasteiger charge is -1.89. The Morgan fingerprint density at radius 3 is 2.71 bits per heavy atom. The number of nitrogens with zero attached hydrogens (tertiary/aromatic N) is 2. The zero-order valence-electron chi connectivity index (χ0n) is 10.00. The molecule has 92 valence electrons. The highest BCUT2D eigenvalue weighted by molar-refractivity contribution is 5.35. The van der Waals surface area contributed by atoms with Gasteiger partial charge in [-0.2, -0.15) is 0 Å². The SMILES string of the molecule is CCc1c[n+](CC)c2ccccn12.O=CO[O-]. The Morgan fingerprint density at radius 2 is 2.18 bits per heavy atom. The van der Waals surface area contributed by atoms with E-state index < -0.39 is 0 Å². The van der Waals surface area contributed by atoms with Crippen molar-refractivity contribution in [3.8, 4) is 0 Å². The highest BCUT2D eigenvalue weighted by Crippen LogP contribution is 2.04. The first kappa shape index (κ1) is 13.2. The first-order valence-electron chi connectivity index (χ1n) is 5.49. The van der Waals surface area contributed by atoms with Crippen LogP contribution in [0.4, 0.5) is 0 Å². The van der Waals surface area contributed by atoms with Crippen LogP contribution in [0.15, 0.2) is 30.6 Å². The summed E-state index contributed by atoms with van der Waals surface area (Å²) in [6.45, 7) is 5.22. The molecule has 0 bridgehead atoms. The number of hydrogen-bond donors (Lipinski definition) is 0. The van der Waals surface area contributed by atoms with Gasteiger partial charge in [0.1, 0.15) is 11.9 Å². The largest absolute Gasteiger partial charge is 0.662 e. The van der Waals surface area contributed by atoms with Crippen molar-refractivity contribution in [3.05, 3.63) is 36.3 Å². The molecule has 0 aliphatic carbocycles. The molecule has 0 radical (unpaired) electrons. The molecule has 5 heteroatoms. The fourth-order valence-corrected chi connectivity index (χ4v) is 1.73. The Kier molecular flexibility index (Phi) is 5.16. The second-order valence-corrected chi connectivity index (χ2v) is 3.38. The van der Waals surface area contributed by atoms with Crippen LogP contribution >= 0.6 is 0 Å². The van der Waals surface area contributed by atoms with E-state index in [1.54, 1.807) is 0 Å². The van der Waals surface area contributed by atoms with Gasteiger partial charge in [-0.15, -0.1) is 0 Å². The Hall–Kier alpha value is -1.88. The Labute approximate surface area is 99.8 Å². The van der Waals surface area contributed by atoms with Crippen molar-refractivity contribution >= 4 is 12.1 Å². The summed E-state index contributed by atoms with van der Waals surface area (Å²) in [6, 6.07) is 6.32. The fraction of sp³-hybridized carbons (Fsp3) is 0.333. The quantitative estimate of drug-likeness (QED) is 0.332. The van der Waals surface area contributed by atoms with Crippen LogP contribution in [0.5, 0.6) is 0 Å². The predicted octanol–water partition coefficient (Wildman–Crippen LogP) is 0.244. The molecule has 2 heterocycles. The van der Waals surface area contributed by atoms with Crippen LogP contribution in [0.3, 0.4) is 0 Å². The maximum atomic E-state index is 8.64. The Morgan fingerprint density at radius 1 is 1.47 bits per heavy atom. The number of pyridine rings is 1. The van der Waals surface area contributed by atoms with Gasteiger partial charge in [-0.3, -0.25) is 4.79 Å². The van der Waals surface area contributed by atoms with Crippen molar-refractivity contribution in [1.29, 1.82) is 0 Å². The molecule has 0 unspecified atom stereocenters. The van der Waals surface area contributed by atoms with Crippen LogP contribution in [0, 0.1) is 0 Å². The van der Waals surface area contributed by atoms with E-state index >= 15 is 0 Å². The standard InChI is InChI=1S/C11H15N2.CH2O3/c1-3-10-9-12(4-2)11-7-5-6-8-13(10)11;2-1-4-3/h5-9H,3-4H2,1-2H3;1,3H/q+1;/p-1. The van der Waals surface area contributed by atoms with Crippen molar-refractivity contribution in [1.82, 2.24) is 4.40 Å². The third kappa shape index (κ3) is 3.04.